The Morgan fingerprint density at radius 1 is 1.29 bits per heavy atom. The molecule has 2 aromatic rings. The maximum atomic E-state index is 11.9. The summed E-state index contributed by atoms with van der Waals surface area (Å²) in [6.45, 7) is 8.07. The molecule has 0 bridgehead atoms. The van der Waals surface area contributed by atoms with Crippen molar-refractivity contribution < 1.29 is 9.32 Å². The maximum Gasteiger partial charge on any atom is 0.257 e. The van der Waals surface area contributed by atoms with Gasteiger partial charge in [-0.25, -0.2) is 0 Å². The van der Waals surface area contributed by atoms with Crippen LogP contribution in [-0.2, 0) is 11.2 Å². The molecule has 130 valence electrons. The van der Waals surface area contributed by atoms with Crippen LogP contribution < -0.4 is 10.6 Å². The number of likely N-dealkylation sites (N-methyl/N-ethyl adjacent to an activating group) is 1. The zero-order valence-corrected chi connectivity index (χ0v) is 15.0. The molecule has 1 amide bonds. The lowest BCUT2D eigenvalue weighted by atomic mass is 10.1. The molecule has 0 aliphatic rings. The highest BCUT2D eigenvalue weighted by Crippen LogP contribution is 2.24. The zero-order valence-electron chi connectivity index (χ0n) is 15.0. The van der Waals surface area contributed by atoms with Crippen molar-refractivity contribution in [3.05, 3.63) is 29.6 Å². The van der Waals surface area contributed by atoms with Crippen LogP contribution in [0.15, 0.2) is 22.7 Å². The van der Waals surface area contributed by atoms with Crippen molar-refractivity contribution >= 4 is 11.6 Å². The van der Waals surface area contributed by atoms with Crippen LogP contribution in [0.4, 0.5) is 5.69 Å². The van der Waals surface area contributed by atoms with Crippen molar-refractivity contribution in [1.29, 1.82) is 0 Å². The van der Waals surface area contributed by atoms with Crippen molar-refractivity contribution in [2.24, 2.45) is 5.92 Å². The van der Waals surface area contributed by atoms with Gasteiger partial charge in [0.25, 0.3) is 5.89 Å². The molecule has 0 aliphatic heterocycles. The van der Waals surface area contributed by atoms with Crippen molar-refractivity contribution in [1.82, 2.24) is 15.5 Å². The molecule has 1 unspecified atom stereocenters. The number of aryl methyl sites for hydroxylation is 1. The number of nitrogens with zero attached hydrogens (tertiary/aromatic N) is 2. The highest BCUT2D eigenvalue weighted by Gasteiger charge is 2.13. The quantitative estimate of drug-likeness (QED) is 0.815. The first-order chi connectivity index (χ1) is 11.4. The monoisotopic (exact) mass is 330 g/mol. The summed E-state index contributed by atoms with van der Waals surface area (Å²) in [5.41, 5.74) is 2.63. The van der Waals surface area contributed by atoms with E-state index in [9.17, 15) is 4.79 Å². The summed E-state index contributed by atoms with van der Waals surface area (Å²) >= 11 is 0. The molecule has 6 nitrogen and oxygen atoms in total. The number of rotatable bonds is 7. The van der Waals surface area contributed by atoms with Crippen molar-refractivity contribution in [2.75, 3.05) is 12.4 Å². The largest absolute Gasteiger partial charge is 0.334 e. The number of hydrogen-bond acceptors (Lipinski definition) is 5. The molecule has 0 saturated carbocycles. The third-order valence-electron chi connectivity index (χ3n) is 3.79. The molecule has 24 heavy (non-hydrogen) atoms. The summed E-state index contributed by atoms with van der Waals surface area (Å²) in [5.74, 6) is 1.54. The van der Waals surface area contributed by atoms with Crippen molar-refractivity contribution in [2.45, 2.75) is 46.6 Å². The maximum absolute atomic E-state index is 11.9. The highest BCUT2D eigenvalue weighted by atomic mass is 16.5. The van der Waals surface area contributed by atoms with Gasteiger partial charge in [-0.1, -0.05) is 19.0 Å². The van der Waals surface area contributed by atoms with Crippen LogP contribution in [0, 0.1) is 12.8 Å². The number of nitrogens with one attached hydrogen (secondary N) is 2. The first-order valence-electron chi connectivity index (χ1n) is 8.29. The van der Waals surface area contributed by atoms with E-state index in [1.54, 1.807) is 0 Å². The normalized spacial score (nSPS) is 12.4. The molecule has 1 aromatic carbocycles. The summed E-state index contributed by atoms with van der Waals surface area (Å²) in [4.78, 5) is 16.3. The van der Waals surface area contributed by atoms with Crippen molar-refractivity contribution in [3.8, 4) is 11.5 Å². The summed E-state index contributed by atoms with van der Waals surface area (Å²) in [6.07, 6.45) is 1.22. The Balaban J connectivity index is 2.10. The van der Waals surface area contributed by atoms with Gasteiger partial charge < -0.3 is 15.2 Å². The molecule has 0 spiro atoms. The average Bonchev–Trinajstić information content (AvgIpc) is 2.96. The van der Waals surface area contributed by atoms with E-state index in [0.29, 0.717) is 30.5 Å². The molecule has 6 heteroatoms. The zero-order chi connectivity index (χ0) is 17.7. The van der Waals surface area contributed by atoms with E-state index in [1.807, 2.05) is 46.0 Å². The Bertz CT molecular complexity index is 694. The minimum Gasteiger partial charge on any atom is -0.334 e. The van der Waals surface area contributed by atoms with Gasteiger partial charge in [0.05, 0.1) is 0 Å². The molecule has 1 aromatic heterocycles. The number of benzene rings is 1. The number of hydrogen-bond donors (Lipinski definition) is 2. The molecule has 0 aliphatic carbocycles. The lowest BCUT2D eigenvalue weighted by Gasteiger charge is -2.10. The Labute approximate surface area is 143 Å². The molecule has 0 fully saturated rings. The van der Waals surface area contributed by atoms with E-state index in [0.717, 1.165) is 16.8 Å². The number of aromatic nitrogens is 2. The van der Waals surface area contributed by atoms with Gasteiger partial charge in [-0.05, 0) is 50.6 Å². The van der Waals surface area contributed by atoms with Crippen molar-refractivity contribution in [3.63, 3.8) is 0 Å². The molecular weight excluding hydrogens is 304 g/mol. The van der Waals surface area contributed by atoms with E-state index in [-0.39, 0.29) is 11.9 Å². The average molecular weight is 330 g/mol. The van der Waals surface area contributed by atoms with E-state index in [4.69, 9.17) is 4.52 Å². The number of amides is 1. The second-order valence-corrected chi connectivity index (χ2v) is 6.59. The van der Waals surface area contributed by atoms with Gasteiger partial charge in [-0.2, -0.15) is 4.98 Å². The first-order valence-corrected chi connectivity index (χ1v) is 8.29. The topological polar surface area (TPSA) is 80.0 Å². The fourth-order valence-corrected chi connectivity index (χ4v) is 2.34. The molecule has 2 N–H and O–H groups in total. The lowest BCUT2D eigenvalue weighted by molar-refractivity contribution is -0.116. The third kappa shape index (κ3) is 4.89. The Morgan fingerprint density at radius 2 is 2.04 bits per heavy atom. The first kappa shape index (κ1) is 18.1. The van der Waals surface area contributed by atoms with Crippen LogP contribution in [0.2, 0.25) is 0 Å². The van der Waals surface area contributed by atoms with Gasteiger partial charge in [-0.15, -0.1) is 0 Å². The Hall–Kier alpha value is -2.21. The van der Waals surface area contributed by atoms with Gasteiger partial charge >= 0.3 is 0 Å². The second kappa shape index (κ2) is 8.06. The Kier molecular flexibility index (Phi) is 6.09. The standard InChI is InChI=1S/C18H26N4O2/c1-11(2)8-17(23)20-15-7-6-14(9-12(15)3)18-21-16(22-24-18)10-13(4)19-5/h6-7,9,11,13,19H,8,10H2,1-5H3,(H,20,23). The number of carbonyl (C=O) groups excluding carboxylic acids is 1. The Morgan fingerprint density at radius 3 is 2.67 bits per heavy atom. The minimum atomic E-state index is 0.0296. The van der Waals surface area contributed by atoms with E-state index < -0.39 is 0 Å². The third-order valence-corrected chi connectivity index (χ3v) is 3.79. The summed E-state index contributed by atoms with van der Waals surface area (Å²) < 4.78 is 5.35. The summed E-state index contributed by atoms with van der Waals surface area (Å²) in [6, 6.07) is 6.00. The molecular formula is C18H26N4O2. The lowest BCUT2D eigenvalue weighted by Crippen LogP contribution is -2.24. The fraction of sp³-hybridized carbons (Fsp3) is 0.500. The van der Waals surface area contributed by atoms with E-state index >= 15 is 0 Å². The molecule has 2 rings (SSSR count). The van der Waals surface area contributed by atoms with Crippen LogP contribution in [-0.4, -0.2) is 29.1 Å². The fourth-order valence-electron chi connectivity index (χ4n) is 2.34. The smallest absolute Gasteiger partial charge is 0.257 e. The van der Waals surface area contributed by atoms with Crippen LogP contribution in [0.5, 0.6) is 0 Å². The molecule has 0 radical (unpaired) electrons. The van der Waals surface area contributed by atoms with Gasteiger partial charge in [0.1, 0.15) is 0 Å². The van der Waals surface area contributed by atoms with Crippen LogP contribution in [0.3, 0.4) is 0 Å². The second-order valence-electron chi connectivity index (χ2n) is 6.59. The van der Waals surface area contributed by atoms with Crippen LogP contribution in [0.25, 0.3) is 11.5 Å². The van der Waals surface area contributed by atoms with Crippen LogP contribution >= 0.6 is 0 Å². The predicted molar refractivity (Wildman–Crippen MR) is 94.8 cm³/mol. The molecule has 0 saturated heterocycles. The predicted octanol–water partition coefficient (Wildman–Crippen LogP) is 3.18. The SMILES string of the molecule is CNC(C)Cc1noc(-c2ccc(NC(=O)CC(C)C)c(C)c2)n1. The highest BCUT2D eigenvalue weighted by molar-refractivity contribution is 5.91. The number of carbonyl (C=O) groups is 1. The molecule has 1 atom stereocenters. The van der Waals surface area contributed by atoms with Gasteiger partial charge in [-0.3, -0.25) is 4.79 Å². The minimum absolute atomic E-state index is 0.0296. The van der Waals surface area contributed by atoms with E-state index in [1.165, 1.54) is 0 Å². The van der Waals surface area contributed by atoms with Gasteiger partial charge in [0.15, 0.2) is 5.82 Å². The van der Waals surface area contributed by atoms with Gasteiger partial charge in [0.2, 0.25) is 5.91 Å². The summed E-state index contributed by atoms with van der Waals surface area (Å²) in [7, 11) is 1.90. The summed E-state index contributed by atoms with van der Waals surface area (Å²) in [5, 5.41) is 10.1. The van der Waals surface area contributed by atoms with E-state index in [2.05, 4.69) is 27.7 Å². The number of anilines is 1. The van der Waals surface area contributed by atoms with Gasteiger partial charge in [0, 0.05) is 30.1 Å². The van der Waals surface area contributed by atoms with Crippen LogP contribution in [0.1, 0.15) is 38.6 Å². The molecule has 1 heterocycles.